The zero-order chi connectivity index (χ0) is 22.2. The van der Waals surface area contributed by atoms with E-state index in [-0.39, 0.29) is 17.9 Å². The number of anilines is 1. The average Bonchev–Trinajstić information content (AvgIpc) is 3.10. The van der Waals surface area contributed by atoms with E-state index >= 15 is 0 Å². The molecule has 1 unspecified atom stereocenters. The zero-order valence-corrected chi connectivity index (χ0v) is 16.2. The van der Waals surface area contributed by atoms with E-state index in [1.807, 2.05) is 0 Å². The monoisotopic (exact) mass is 434 g/mol. The van der Waals surface area contributed by atoms with E-state index in [2.05, 4.69) is 15.7 Å². The SMILES string of the molecule is CC(=O)On1ncc2c(NC(=O)NC3CCOc4c3cccc4C(F)(F)F)cccc21. The van der Waals surface area contributed by atoms with Crippen LogP contribution in [-0.2, 0) is 11.0 Å². The van der Waals surface area contributed by atoms with Crippen molar-refractivity contribution in [3.8, 4) is 5.75 Å². The Morgan fingerprint density at radius 2 is 2.00 bits per heavy atom. The van der Waals surface area contributed by atoms with Gasteiger partial charge in [-0.25, -0.2) is 9.59 Å². The number of carbonyl (C=O) groups excluding carboxylic acids is 2. The summed E-state index contributed by atoms with van der Waals surface area (Å²) in [6, 6.07) is 7.38. The molecule has 0 fully saturated rings. The van der Waals surface area contributed by atoms with Gasteiger partial charge in [-0.15, -0.1) is 5.10 Å². The van der Waals surface area contributed by atoms with E-state index in [1.54, 1.807) is 18.2 Å². The molecular weight excluding hydrogens is 417 g/mol. The minimum atomic E-state index is -4.56. The predicted octanol–water partition coefficient (Wildman–Crippen LogP) is 3.68. The molecular formula is C20H17F3N4O4. The number of hydrogen-bond donors (Lipinski definition) is 2. The lowest BCUT2D eigenvalue weighted by atomic mass is 9.97. The number of carbonyl (C=O) groups is 2. The standard InChI is InChI=1S/C20H17F3N4O4/c1-11(28)31-27-17-7-3-6-15(13(17)10-24-27)25-19(29)26-16-8-9-30-18-12(16)4-2-5-14(18)20(21,22)23/h2-7,10,16H,8-9H2,1H3,(H2,25,26,29). The summed E-state index contributed by atoms with van der Waals surface area (Å²) in [6.07, 6.45) is -2.82. The van der Waals surface area contributed by atoms with E-state index in [9.17, 15) is 22.8 Å². The molecule has 4 rings (SSSR count). The van der Waals surface area contributed by atoms with Crippen LogP contribution in [0.1, 0.15) is 30.5 Å². The van der Waals surface area contributed by atoms with Crippen LogP contribution in [0.2, 0.25) is 0 Å². The van der Waals surface area contributed by atoms with Crippen molar-refractivity contribution >= 4 is 28.6 Å². The van der Waals surface area contributed by atoms with Crippen LogP contribution < -0.4 is 20.2 Å². The van der Waals surface area contributed by atoms with E-state index in [4.69, 9.17) is 9.57 Å². The Morgan fingerprint density at radius 1 is 1.23 bits per heavy atom. The van der Waals surface area contributed by atoms with Crippen molar-refractivity contribution in [3.63, 3.8) is 0 Å². The van der Waals surface area contributed by atoms with Crippen LogP contribution in [0.5, 0.6) is 5.75 Å². The summed E-state index contributed by atoms with van der Waals surface area (Å²) in [4.78, 5) is 29.8. The smallest absolute Gasteiger partial charge is 0.419 e. The van der Waals surface area contributed by atoms with Crippen LogP contribution in [0, 0.1) is 0 Å². The number of urea groups is 1. The Balaban J connectivity index is 1.55. The maximum absolute atomic E-state index is 13.3. The van der Waals surface area contributed by atoms with Gasteiger partial charge in [0.05, 0.1) is 30.1 Å². The van der Waals surface area contributed by atoms with Crippen molar-refractivity contribution in [3.05, 3.63) is 53.7 Å². The third kappa shape index (κ3) is 4.11. The second kappa shape index (κ2) is 7.82. The van der Waals surface area contributed by atoms with Crippen LogP contribution >= 0.6 is 0 Å². The minimum Gasteiger partial charge on any atom is -0.492 e. The first-order chi connectivity index (χ1) is 14.7. The number of benzene rings is 2. The average molecular weight is 434 g/mol. The normalized spacial score (nSPS) is 15.7. The molecule has 162 valence electrons. The first-order valence-electron chi connectivity index (χ1n) is 9.30. The number of aromatic nitrogens is 2. The quantitative estimate of drug-likeness (QED) is 0.656. The molecule has 0 bridgehead atoms. The molecule has 2 heterocycles. The number of ether oxygens (including phenoxy) is 1. The number of nitrogens with zero attached hydrogens (tertiary/aromatic N) is 2. The summed E-state index contributed by atoms with van der Waals surface area (Å²) < 4.78 is 45.0. The fraction of sp³-hybridized carbons (Fsp3) is 0.250. The molecule has 2 amide bonds. The van der Waals surface area contributed by atoms with Crippen LogP contribution in [0.3, 0.4) is 0 Å². The van der Waals surface area contributed by atoms with Gasteiger partial charge < -0.3 is 20.2 Å². The molecule has 0 saturated carbocycles. The molecule has 1 aliphatic rings. The highest BCUT2D eigenvalue weighted by molar-refractivity contribution is 6.00. The number of hydrogen-bond acceptors (Lipinski definition) is 5. The van der Waals surface area contributed by atoms with Crippen molar-refractivity contribution < 1.29 is 32.3 Å². The number of para-hydroxylation sites is 1. The number of halogens is 3. The Labute approximate surface area is 173 Å². The van der Waals surface area contributed by atoms with E-state index in [1.165, 1.54) is 25.3 Å². The fourth-order valence-electron chi connectivity index (χ4n) is 3.45. The molecule has 2 aromatic carbocycles. The highest BCUT2D eigenvalue weighted by Gasteiger charge is 2.37. The molecule has 0 aliphatic carbocycles. The first kappa shape index (κ1) is 20.5. The van der Waals surface area contributed by atoms with Crippen molar-refractivity contribution in [2.45, 2.75) is 25.6 Å². The second-order valence-corrected chi connectivity index (χ2v) is 6.85. The molecule has 3 aromatic rings. The van der Waals surface area contributed by atoms with Crippen LogP contribution in [0.25, 0.3) is 10.9 Å². The van der Waals surface area contributed by atoms with E-state index < -0.39 is 29.8 Å². The molecule has 0 saturated heterocycles. The summed E-state index contributed by atoms with van der Waals surface area (Å²) in [5.74, 6) is -0.825. The Kier molecular flexibility index (Phi) is 5.17. The van der Waals surface area contributed by atoms with Gasteiger partial charge in [-0.1, -0.05) is 23.0 Å². The van der Waals surface area contributed by atoms with Gasteiger partial charge in [0, 0.05) is 24.3 Å². The topological polar surface area (TPSA) is 94.5 Å². The van der Waals surface area contributed by atoms with Gasteiger partial charge >= 0.3 is 18.2 Å². The van der Waals surface area contributed by atoms with Crippen molar-refractivity contribution in [1.29, 1.82) is 0 Å². The van der Waals surface area contributed by atoms with Crippen LogP contribution in [0.4, 0.5) is 23.7 Å². The van der Waals surface area contributed by atoms with Gasteiger partial charge in [-0.2, -0.15) is 13.2 Å². The molecule has 0 spiro atoms. The Hall–Kier alpha value is -3.76. The predicted molar refractivity (Wildman–Crippen MR) is 103 cm³/mol. The van der Waals surface area contributed by atoms with E-state index in [0.29, 0.717) is 23.0 Å². The number of nitrogens with one attached hydrogen (secondary N) is 2. The Bertz CT molecular complexity index is 1160. The lowest BCUT2D eigenvalue weighted by Gasteiger charge is -2.28. The maximum Gasteiger partial charge on any atom is 0.419 e. The third-order valence-electron chi connectivity index (χ3n) is 4.73. The molecule has 1 atom stereocenters. The summed E-state index contributed by atoms with van der Waals surface area (Å²) >= 11 is 0. The number of fused-ring (bicyclic) bond motifs is 2. The largest absolute Gasteiger partial charge is 0.492 e. The fourth-order valence-corrected chi connectivity index (χ4v) is 3.45. The maximum atomic E-state index is 13.3. The molecule has 31 heavy (non-hydrogen) atoms. The summed E-state index contributed by atoms with van der Waals surface area (Å²) in [5, 5.41) is 9.84. The third-order valence-corrected chi connectivity index (χ3v) is 4.73. The zero-order valence-electron chi connectivity index (χ0n) is 16.2. The number of alkyl halides is 3. The van der Waals surface area contributed by atoms with Gasteiger partial charge in [-0.05, 0) is 18.2 Å². The van der Waals surface area contributed by atoms with Crippen LogP contribution in [-0.4, -0.2) is 28.6 Å². The lowest BCUT2D eigenvalue weighted by molar-refractivity contribution is -0.142. The summed E-state index contributed by atoms with van der Waals surface area (Å²) in [7, 11) is 0. The molecule has 0 radical (unpaired) electrons. The van der Waals surface area contributed by atoms with Crippen molar-refractivity contribution in [2.24, 2.45) is 0 Å². The van der Waals surface area contributed by atoms with Gasteiger partial charge in [0.2, 0.25) is 0 Å². The summed E-state index contributed by atoms with van der Waals surface area (Å²) in [5.41, 5.74) is 0.237. The second-order valence-electron chi connectivity index (χ2n) is 6.85. The number of rotatable bonds is 3. The van der Waals surface area contributed by atoms with Gasteiger partial charge in [-0.3, -0.25) is 0 Å². The summed E-state index contributed by atoms with van der Waals surface area (Å²) in [6.45, 7) is 1.27. The molecule has 2 N–H and O–H groups in total. The highest BCUT2D eigenvalue weighted by Crippen LogP contribution is 2.42. The van der Waals surface area contributed by atoms with Gasteiger partial charge in [0.1, 0.15) is 11.3 Å². The molecule has 1 aliphatic heterocycles. The highest BCUT2D eigenvalue weighted by atomic mass is 19.4. The Morgan fingerprint density at radius 3 is 2.74 bits per heavy atom. The van der Waals surface area contributed by atoms with E-state index in [0.717, 1.165) is 10.9 Å². The lowest BCUT2D eigenvalue weighted by Crippen LogP contribution is -2.35. The molecule has 11 heteroatoms. The van der Waals surface area contributed by atoms with Gasteiger partial charge in [0.25, 0.3) is 0 Å². The molecule has 1 aromatic heterocycles. The van der Waals surface area contributed by atoms with Crippen molar-refractivity contribution in [1.82, 2.24) is 15.3 Å². The first-order valence-corrected chi connectivity index (χ1v) is 9.30. The van der Waals surface area contributed by atoms with Gasteiger partial charge in [0.15, 0.2) is 0 Å². The van der Waals surface area contributed by atoms with Crippen molar-refractivity contribution in [2.75, 3.05) is 11.9 Å². The van der Waals surface area contributed by atoms with Crippen LogP contribution in [0.15, 0.2) is 42.6 Å². The minimum absolute atomic E-state index is 0.0375. The molecule has 8 nitrogen and oxygen atoms in total. The number of amides is 2.